The van der Waals surface area contributed by atoms with E-state index in [0.29, 0.717) is 13.2 Å². The second-order valence-corrected chi connectivity index (χ2v) is 6.68. The molecule has 23 heavy (non-hydrogen) atoms. The van der Waals surface area contributed by atoms with E-state index in [4.69, 9.17) is 4.74 Å². The van der Waals surface area contributed by atoms with Gasteiger partial charge in [0.2, 0.25) is 0 Å². The predicted octanol–water partition coefficient (Wildman–Crippen LogP) is 5.57. The first-order chi connectivity index (χ1) is 11.2. The van der Waals surface area contributed by atoms with Crippen molar-refractivity contribution in [3.8, 4) is 0 Å². The summed E-state index contributed by atoms with van der Waals surface area (Å²) in [6, 6.07) is 0. The third-order valence-corrected chi connectivity index (χ3v) is 4.27. The van der Waals surface area contributed by atoms with Gasteiger partial charge in [-0.1, -0.05) is 78.6 Å². The van der Waals surface area contributed by atoms with Gasteiger partial charge in [0.15, 0.2) is 0 Å². The fraction of sp³-hybridized carbons (Fsp3) is 0.950. The average molecular weight is 328 g/mol. The summed E-state index contributed by atoms with van der Waals surface area (Å²) in [5.74, 6) is -0.0411. The number of carbonyl (C=O) groups excluding carboxylic acids is 1. The minimum Gasteiger partial charge on any atom is -0.465 e. The van der Waals surface area contributed by atoms with E-state index < -0.39 is 0 Å². The van der Waals surface area contributed by atoms with Gasteiger partial charge in [-0.25, -0.2) is 0 Å². The van der Waals surface area contributed by atoms with Gasteiger partial charge in [0.05, 0.1) is 13.2 Å². The molecule has 0 radical (unpaired) electrons. The van der Waals surface area contributed by atoms with E-state index in [1.165, 1.54) is 64.2 Å². The molecule has 138 valence electrons. The monoisotopic (exact) mass is 327 g/mol. The Morgan fingerprint density at radius 1 is 0.696 bits per heavy atom. The minimum absolute atomic E-state index is 0.0411. The lowest BCUT2D eigenvalue weighted by molar-refractivity contribution is -0.145. The SMILES string of the molecule is CCCCCCCN(CCCCCCC)CC(=O)OCCCC. The van der Waals surface area contributed by atoms with Gasteiger partial charge in [-0.05, 0) is 32.4 Å². The summed E-state index contributed by atoms with van der Waals surface area (Å²) in [6.07, 6.45) is 14.9. The molecule has 0 unspecified atom stereocenters. The lowest BCUT2D eigenvalue weighted by Crippen LogP contribution is -2.33. The van der Waals surface area contributed by atoms with Gasteiger partial charge >= 0.3 is 5.97 Å². The van der Waals surface area contributed by atoms with E-state index in [2.05, 4.69) is 25.7 Å². The Labute approximate surface area is 145 Å². The van der Waals surface area contributed by atoms with Gasteiger partial charge < -0.3 is 4.74 Å². The number of nitrogens with zero attached hydrogens (tertiary/aromatic N) is 1. The summed E-state index contributed by atoms with van der Waals surface area (Å²) < 4.78 is 5.32. The fourth-order valence-electron chi connectivity index (χ4n) is 2.71. The maximum atomic E-state index is 11.9. The van der Waals surface area contributed by atoms with Gasteiger partial charge in [-0.2, -0.15) is 0 Å². The molecule has 0 saturated heterocycles. The highest BCUT2D eigenvalue weighted by molar-refractivity contribution is 5.71. The van der Waals surface area contributed by atoms with Gasteiger partial charge in [0.1, 0.15) is 0 Å². The molecular formula is C20H41NO2. The highest BCUT2D eigenvalue weighted by atomic mass is 16.5. The third kappa shape index (κ3) is 16.1. The number of hydrogen-bond acceptors (Lipinski definition) is 3. The predicted molar refractivity (Wildman–Crippen MR) is 99.8 cm³/mol. The normalized spacial score (nSPS) is 11.1. The number of carbonyl (C=O) groups is 1. The Bertz CT molecular complexity index is 242. The quantitative estimate of drug-likeness (QED) is 0.258. The smallest absolute Gasteiger partial charge is 0.320 e. The van der Waals surface area contributed by atoms with Crippen LogP contribution in [0.1, 0.15) is 97.8 Å². The van der Waals surface area contributed by atoms with Crippen LogP contribution >= 0.6 is 0 Å². The number of esters is 1. The van der Waals surface area contributed by atoms with Crippen LogP contribution in [0.15, 0.2) is 0 Å². The zero-order chi connectivity index (χ0) is 17.2. The van der Waals surface area contributed by atoms with Crippen molar-refractivity contribution in [2.45, 2.75) is 97.8 Å². The third-order valence-electron chi connectivity index (χ3n) is 4.27. The molecule has 0 aliphatic carbocycles. The lowest BCUT2D eigenvalue weighted by atomic mass is 10.1. The van der Waals surface area contributed by atoms with E-state index in [-0.39, 0.29) is 5.97 Å². The first-order valence-electron chi connectivity index (χ1n) is 10.1. The summed E-state index contributed by atoms with van der Waals surface area (Å²) >= 11 is 0. The van der Waals surface area contributed by atoms with Crippen LogP contribution in [-0.4, -0.2) is 37.1 Å². The summed E-state index contributed by atoms with van der Waals surface area (Å²) in [5.41, 5.74) is 0. The highest BCUT2D eigenvalue weighted by Crippen LogP contribution is 2.07. The molecular weight excluding hydrogens is 286 g/mol. The fourth-order valence-corrected chi connectivity index (χ4v) is 2.71. The van der Waals surface area contributed by atoms with Crippen molar-refractivity contribution in [1.29, 1.82) is 0 Å². The van der Waals surface area contributed by atoms with E-state index in [9.17, 15) is 4.79 Å². The van der Waals surface area contributed by atoms with Crippen molar-refractivity contribution < 1.29 is 9.53 Å². The second kappa shape index (κ2) is 17.8. The van der Waals surface area contributed by atoms with Crippen molar-refractivity contribution in [3.05, 3.63) is 0 Å². The van der Waals surface area contributed by atoms with Crippen LogP contribution in [0.5, 0.6) is 0 Å². The van der Waals surface area contributed by atoms with Crippen molar-refractivity contribution in [1.82, 2.24) is 4.90 Å². The first-order valence-corrected chi connectivity index (χ1v) is 10.1. The Balaban J connectivity index is 3.96. The van der Waals surface area contributed by atoms with Crippen molar-refractivity contribution in [2.24, 2.45) is 0 Å². The molecule has 0 N–H and O–H groups in total. The highest BCUT2D eigenvalue weighted by Gasteiger charge is 2.11. The van der Waals surface area contributed by atoms with E-state index in [1.54, 1.807) is 0 Å². The number of hydrogen-bond donors (Lipinski definition) is 0. The Kier molecular flexibility index (Phi) is 17.3. The van der Waals surface area contributed by atoms with Crippen LogP contribution in [0.3, 0.4) is 0 Å². The second-order valence-electron chi connectivity index (χ2n) is 6.68. The van der Waals surface area contributed by atoms with Crippen LogP contribution in [0, 0.1) is 0 Å². The van der Waals surface area contributed by atoms with Gasteiger partial charge in [0.25, 0.3) is 0 Å². The van der Waals surface area contributed by atoms with Gasteiger partial charge in [0, 0.05) is 0 Å². The van der Waals surface area contributed by atoms with Crippen molar-refractivity contribution in [3.63, 3.8) is 0 Å². The molecule has 0 amide bonds. The summed E-state index contributed by atoms with van der Waals surface area (Å²) in [5, 5.41) is 0. The van der Waals surface area contributed by atoms with Crippen LogP contribution in [0.2, 0.25) is 0 Å². The van der Waals surface area contributed by atoms with Crippen LogP contribution < -0.4 is 0 Å². The molecule has 0 saturated carbocycles. The molecule has 0 aromatic carbocycles. The van der Waals surface area contributed by atoms with E-state index in [1.807, 2.05) is 0 Å². The molecule has 0 aromatic rings. The molecule has 0 rings (SSSR count). The maximum Gasteiger partial charge on any atom is 0.320 e. The molecule has 0 spiro atoms. The number of unbranched alkanes of at least 4 members (excludes halogenated alkanes) is 9. The summed E-state index contributed by atoms with van der Waals surface area (Å²) in [7, 11) is 0. The average Bonchev–Trinajstić information content (AvgIpc) is 2.54. The minimum atomic E-state index is -0.0411. The largest absolute Gasteiger partial charge is 0.465 e. The molecule has 0 aliphatic rings. The number of rotatable bonds is 17. The Morgan fingerprint density at radius 2 is 1.17 bits per heavy atom. The zero-order valence-corrected chi connectivity index (χ0v) is 16.1. The molecule has 3 nitrogen and oxygen atoms in total. The Hall–Kier alpha value is -0.570. The molecule has 0 atom stereocenters. The molecule has 0 heterocycles. The lowest BCUT2D eigenvalue weighted by Gasteiger charge is -2.21. The molecule has 0 fully saturated rings. The van der Waals surface area contributed by atoms with Gasteiger partial charge in [-0.15, -0.1) is 0 Å². The van der Waals surface area contributed by atoms with E-state index >= 15 is 0 Å². The molecule has 0 aliphatic heterocycles. The van der Waals surface area contributed by atoms with Crippen LogP contribution in [-0.2, 0) is 9.53 Å². The zero-order valence-electron chi connectivity index (χ0n) is 16.1. The standard InChI is InChI=1S/C20H41NO2/c1-4-7-10-12-14-16-21(17-15-13-11-8-5-2)19-20(22)23-18-9-6-3/h4-19H2,1-3H3. The molecule has 3 heteroatoms. The van der Waals surface area contributed by atoms with Crippen LogP contribution in [0.25, 0.3) is 0 Å². The van der Waals surface area contributed by atoms with E-state index in [0.717, 1.165) is 25.9 Å². The maximum absolute atomic E-state index is 11.9. The topological polar surface area (TPSA) is 29.5 Å². The first kappa shape index (κ1) is 22.4. The van der Waals surface area contributed by atoms with Gasteiger partial charge in [-0.3, -0.25) is 9.69 Å². The molecule has 0 bridgehead atoms. The van der Waals surface area contributed by atoms with Crippen LogP contribution in [0.4, 0.5) is 0 Å². The van der Waals surface area contributed by atoms with Crippen molar-refractivity contribution in [2.75, 3.05) is 26.2 Å². The number of ether oxygens (including phenoxy) is 1. The Morgan fingerprint density at radius 3 is 1.65 bits per heavy atom. The summed E-state index contributed by atoms with van der Waals surface area (Å²) in [4.78, 5) is 14.2. The van der Waals surface area contributed by atoms with Crippen molar-refractivity contribution >= 4 is 5.97 Å². The molecule has 0 aromatic heterocycles. The summed E-state index contributed by atoms with van der Waals surface area (Å²) in [6.45, 7) is 9.75.